The first kappa shape index (κ1) is 23.0. The second-order valence-electron chi connectivity index (χ2n) is 6.71. The number of carbonyl (C=O) groups excluding carboxylic acids is 2. The molecule has 0 spiro atoms. The number of non-ortho nitro benzene ring substituents is 1. The quantitative estimate of drug-likeness (QED) is 0.0906. The summed E-state index contributed by atoms with van der Waals surface area (Å²) in [5.74, 6) is -0.600. The number of benzene rings is 3. The SMILES string of the molecule is O=C1OC(c2ccc([N+](=O)[O-])cc2)=N/C1=C\c1cc(I)c(OC(=O)c2ccccc2)c(I)c1. The minimum absolute atomic E-state index is 0.0685. The number of aliphatic imine (C=N–C) groups is 1. The summed E-state index contributed by atoms with van der Waals surface area (Å²) in [7, 11) is 0. The molecule has 10 heteroatoms. The van der Waals surface area contributed by atoms with Gasteiger partial charge in [0.1, 0.15) is 0 Å². The Hall–Kier alpha value is -3.13. The molecule has 0 fully saturated rings. The van der Waals surface area contributed by atoms with Crippen LogP contribution in [0, 0.1) is 17.3 Å². The Morgan fingerprint density at radius 3 is 2.27 bits per heavy atom. The van der Waals surface area contributed by atoms with E-state index < -0.39 is 16.9 Å². The molecule has 1 aliphatic heterocycles. The Bertz CT molecular complexity index is 1310. The van der Waals surface area contributed by atoms with Crippen molar-refractivity contribution in [3.05, 3.63) is 106 Å². The van der Waals surface area contributed by atoms with Gasteiger partial charge in [0.2, 0.25) is 5.90 Å². The summed E-state index contributed by atoms with van der Waals surface area (Å²) in [5, 5.41) is 10.8. The number of halogens is 2. The minimum atomic E-state index is -0.632. The van der Waals surface area contributed by atoms with Gasteiger partial charge < -0.3 is 9.47 Å². The van der Waals surface area contributed by atoms with Crippen molar-refractivity contribution in [1.29, 1.82) is 0 Å². The van der Waals surface area contributed by atoms with E-state index in [0.717, 1.165) is 0 Å². The molecule has 1 aliphatic rings. The molecule has 33 heavy (non-hydrogen) atoms. The van der Waals surface area contributed by atoms with Crippen LogP contribution in [0.5, 0.6) is 5.75 Å². The second-order valence-corrected chi connectivity index (χ2v) is 9.03. The fraction of sp³-hybridized carbons (Fsp3) is 0. The van der Waals surface area contributed by atoms with Gasteiger partial charge in [-0.1, -0.05) is 18.2 Å². The Morgan fingerprint density at radius 1 is 1.03 bits per heavy atom. The normalized spacial score (nSPS) is 14.1. The van der Waals surface area contributed by atoms with Crippen LogP contribution in [0.2, 0.25) is 0 Å². The summed E-state index contributed by atoms with van der Waals surface area (Å²) in [6.07, 6.45) is 1.56. The van der Waals surface area contributed by atoms with Crippen molar-refractivity contribution < 1.29 is 24.0 Å². The monoisotopic (exact) mass is 666 g/mol. The largest absolute Gasteiger partial charge is 0.421 e. The zero-order chi connectivity index (χ0) is 23.5. The van der Waals surface area contributed by atoms with Gasteiger partial charge in [0.15, 0.2) is 11.4 Å². The lowest BCUT2D eigenvalue weighted by atomic mass is 10.2. The summed E-state index contributed by atoms with van der Waals surface area (Å²) >= 11 is 4.12. The molecule has 0 saturated heterocycles. The lowest BCUT2D eigenvalue weighted by Crippen LogP contribution is -2.10. The number of nitro benzene ring substituents is 1. The molecule has 0 radical (unpaired) electrons. The van der Waals surface area contributed by atoms with Crippen molar-refractivity contribution in [3.8, 4) is 5.75 Å². The van der Waals surface area contributed by atoms with E-state index in [1.165, 1.54) is 24.3 Å². The Morgan fingerprint density at radius 2 is 1.67 bits per heavy atom. The van der Waals surface area contributed by atoms with E-state index in [2.05, 4.69) is 50.2 Å². The highest BCUT2D eigenvalue weighted by Crippen LogP contribution is 2.31. The third-order valence-corrected chi connectivity index (χ3v) is 6.08. The molecule has 8 nitrogen and oxygen atoms in total. The van der Waals surface area contributed by atoms with Gasteiger partial charge in [-0.3, -0.25) is 10.1 Å². The van der Waals surface area contributed by atoms with Gasteiger partial charge in [-0.2, -0.15) is 0 Å². The maximum Gasteiger partial charge on any atom is 0.363 e. The first-order chi connectivity index (χ1) is 15.8. The van der Waals surface area contributed by atoms with Crippen molar-refractivity contribution >= 4 is 74.8 Å². The van der Waals surface area contributed by atoms with E-state index in [-0.39, 0.29) is 17.3 Å². The van der Waals surface area contributed by atoms with Gasteiger partial charge in [-0.25, -0.2) is 14.6 Å². The van der Waals surface area contributed by atoms with Crippen LogP contribution < -0.4 is 4.74 Å². The van der Waals surface area contributed by atoms with Crippen LogP contribution in [0.4, 0.5) is 5.69 Å². The number of carbonyl (C=O) groups is 2. The van der Waals surface area contributed by atoms with Crippen LogP contribution in [0.3, 0.4) is 0 Å². The van der Waals surface area contributed by atoms with E-state index in [0.29, 0.717) is 29.6 Å². The highest BCUT2D eigenvalue weighted by Gasteiger charge is 2.25. The number of hydrogen-bond acceptors (Lipinski definition) is 7. The van der Waals surface area contributed by atoms with Gasteiger partial charge in [-0.05, 0) is 93.2 Å². The zero-order valence-corrected chi connectivity index (χ0v) is 20.8. The van der Waals surface area contributed by atoms with Crippen LogP contribution in [0.1, 0.15) is 21.5 Å². The summed E-state index contributed by atoms with van der Waals surface area (Å²) in [6, 6.07) is 17.8. The van der Waals surface area contributed by atoms with Crippen molar-refractivity contribution in [3.63, 3.8) is 0 Å². The average molecular weight is 666 g/mol. The van der Waals surface area contributed by atoms with Crippen LogP contribution in [0.15, 0.2) is 77.4 Å². The molecule has 0 N–H and O–H groups in total. The molecule has 164 valence electrons. The first-order valence-corrected chi connectivity index (χ1v) is 11.5. The third-order valence-electron chi connectivity index (χ3n) is 4.47. The van der Waals surface area contributed by atoms with E-state index in [9.17, 15) is 19.7 Å². The highest BCUT2D eigenvalue weighted by molar-refractivity contribution is 14.1. The molecule has 0 unspecified atom stereocenters. The predicted octanol–water partition coefficient (Wildman–Crippen LogP) is 5.37. The van der Waals surface area contributed by atoms with E-state index in [4.69, 9.17) is 9.47 Å². The summed E-state index contributed by atoms with van der Waals surface area (Å²) in [5.41, 5.74) is 1.58. The molecule has 3 aromatic rings. The Kier molecular flexibility index (Phi) is 6.83. The number of nitrogens with zero attached hydrogens (tertiary/aromatic N) is 2. The van der Waals surface area contributed by atoms with Crippen molar-refractivity contribution in [1.82, 2.24) is 0 Å². The third kappa shape index (κ3) is 5.27. The van der Waals surface area contributed by atoms with Gasteiger partial charge in [0, 0.05) is 17.7 Å². The molecule has 0 atom stereocenters. The van der Waals surface area contributed by atoms with Crippen LogP contribution in [-0.4, -0.2) is 22.8 Å². The summed E-state index contributed by atoms with van der Waals surface area (Å²) in [4.78, 5) is 39.2. The van der Waals surface area contributed by atoms with E-state index >= 15 is 0 Å². The van der Waals surface area contributed by atoms with Crippen LogP contribution >= 0.6 is 45.2 Å². The first-order valence-electron chi connectivity index (χ1n) is 9.35. The highest BCUT2D eigenvalue weighted by atomic mass is 127. The van der Waals surface area contributed by atoms with Gasteiger partial charge in [0.25, 0.3) is 5.69 Å². The van der Waals surface area contributed by atoms with Gasteiger partial charge in [0.05, 0.1) is 17.6 Å². The Balaban J connectivity index is 1.58. The predicted molar refractivity (Wildman–Crippen MR) is 137 cm³/mol. The minimum Gasteiger partial charge on any atom is -0.421 e. The molecule has 0 amide bonds. The number of nitro groups is 1. The van der Waals surface area contributed by atoms with Crippen LogP contribution in [-0.2, 0) is 9.53 Å². The van der Waals surface area contributed by atoms with E-state index in [1.807, 2.05) is 6.07 Å². The molecular weight excluding hydrogens is 654 g/mol. The van der Waals surface area contributed by atoms with E-state index in [1.54, 1.807) is 42.5 Å². The van der Waals surface area contributed by atoms with Gasteiger partial charge >= 0.3 is 11.9 Å². The van der Waals surface area contributed by atoms with Crippen molar-refractivity contribution in [2.24, 2.45) is 4.99 Å². The number of esters is 2. The molecular formula is C23H12I2N2O6. The molecule has 4 rings (SSSR count). The molecule has 0 aromatic heterocycles. The fourth-order valence-corrected chi connectivity index (χ4v) is 4.94. The molecule has 0 aliphatic carbocycles. The number of ether oxygens (including phenoxy) is 2. The molecule has 3 aromatic carbocycles. The maximum absolute atomic E-state index is 12.4. The number of cyclic esters (lactones) is 1. The lowest BCUT2D eigenvalue weighted by Gasteiger charge is -2.10. The van der Waals surface area contributed by atoms with Crippen molar-refractivity contribution in [2.75, 3.05) is 0 Å². The molecule has 0 bridgehead atoms. The standard InChI is InChI=1S/C23H12I2N2O6/c24-17-10-13(11-18(25)20(17)32-22(28)15-4-2-1-3-5-15)12-19-23(29)33-21(26-19)14-6-8-16(9-7-14)27(30)31/h1-12H/b19-12-. The molecule has 0 saturated carbocycles. The average Bonchev–Trinajstić information content (AvgIpc) is 3.17. The summed E-state index contributed by atoms with van der Waals surface area (Å²) < 4.78 is 12.1. The van der Waals surface area contributed by atoms with Crippen LogP contribution in [0.25, 0.3) is 6.08 Å². The number of hydrogen-bond donors (Lipinski definition) is 0. The number of rotatable bonds is 5. The van der Waals surface area contributed by atoms with Gasteiger partial charge in [-0.15, -0.1) is 0 Å². The second kappa shape index (κ2) is 9.79. The topological polar surface area (TPSA) is 108 Å². The maximum atomic E-state index is 12.4. The van der Waals surface area contributed by atoms with Crippen molar-refractivity contribution in [2.45, 2.75) is 0 Å². The zero-order valence-electron chi connectivity index (χ0n) is 16.5. The summed E-state index contributed by atoms with van der Waals surface area (Å²) in [6.45, 7) is 0. The smallest absolute Gasteiger partial charge is 0.363 e. The molecule has 1 heterocycles. The lowest BCUT2D eigenvalue weighted by molar-refractivity contribution is -0.384. The Labute approximate surface area is 214 Å². The fourth-order valence-electron chi connectivity index (χ4n) is 2.90.